The van der Waals surface area contributed by atoms with Gasteiger partial charge in [0, 0.05) is 29.0 Å². The summed E-state index contributed by atoms with van der Waals surface area (Å²) in [6.07, 6.45) is 1.12. The molecule has 0 spiro atoms. The summed E-state index contributed by atoms with van der Waals surface area (Å²) in [6, 6.07) is 10.2. The van der Waals surface area contributed by atoms with Gasteiger partial charge in [-0.15, -0.1) is 0 Å². The third-order valence-corrected chi connectivity index (χ3v) is 5.39. The lowest BCUT2D eigenvalue weighted by molar-refractivity contribution is 0.224. The van der Waals surface area contributed by atoms with E-state index >= 15 is 0 Å². The van der Waals surface area contributed by atoms with Crippen LogP contribution in [-0.4, -0.2) is 9.97 Å². The minimum absolute atomic E-state index is 0.121. The Morgan fingerprint density at radius 3 is 2.55 bits per heavy atom. The second kappa shape index (κ2) is 8.04. The van der Waals surface area contributed by atoms with Crippen molar-refractivity contribution in [3.05, 3.63) is 90.7 Å². The van der Waals surface area contributed by atoms with Crippen molar-refractivity contribution in [2.75, 3.05) is 0 Å². The Hall–Kier alpha value is -3.38. The molecule has 1 atom stereocenters. The van der Waals surface area contributed by atoms with Crippen molar-refractivity contribution >= 4 is 22.6 Å². The highest BCUT2D eigenvalue weighted by Crippen LogP contribution is 2.33. The molecule has 0 aliphatic rings. The lowest BCUT2D eigenvalue weighted by Gasteiger charge is -2.19. The van der Waals surface area contributed by atoms with Crippen molar-refractivity contribution in [3.63, 3.8) is 0 Å². The average molecular weight is 437 g/mol. The van der Waals surface area contributed by atoms with Gasteiger partial charge in [0.05, 0.1) is 11.1 Å². The van der Waals surface area contributed by atoms with Crippen LogP contribution >= 0.6 is 11.6 Å². The number of fused-ring (bicyclic) bond motifs is 1. The molecule has 0 fully saturated rings. The maximum Gasteiger partial charge on any atom is 0.247 e. The van der Waals surface area contributed by atoms with Crippen LogP contribution < -0.4 is 15.7 Å². The summed E-state index contributed by atoms with van der Waals surface area (Å²) in [7, 11) is 0. The Balaban J connectivity index is 1.89. The van der Waals surface area contributed by atoms with Gasteiger partial charge in [-0.05, 0) is 63.6 Å². The van der Waals surface area contributed by atoms with Crippen molar-refractivity contribution in [2.45, 2.75) is 33.8 Å². The van der Waals surface area contributed by atoms with Gasteiger partial charge in [0.2, 0.25) is 5.56 Å². The molecule has 0 unspecified atom stereocenters. The van der Waals surface area contributed by atoms with E-state index in [9.17, 15) is 9.59 Å². The number of nitrogens with zero attached hydrogens (tertiary/aromatic N) is 1. The van der Waals surface area contributed by atoms with Crippen LogP contribution in [0.4, 0.5) is 0 Å². The Labute approximate surface area is 183 Å². The molecule has 0 bridgehead atoms. The highest BCUT2D eigenvalue weighted by Gasteiger charge is 2.20. The lowest BCUT2D eigenvalue weighted by atomic mass is 10.0. The van der Waals surface area contributed by atoms with E-state index in [4.69, 9.17) is 20.8 Å². The highest BCUT2D eigenvalue weighted by atomic mass is 35.5. The van der Waals surface area contributed by atoms with Gasteiger partial charge in [-0.25, -0.2) is 4.98 Å². The Morgan fingerprint density at radius 2 is 1.87 bits per heavy atom. The van der Waals surface area contributed by atoms with Crippen LogP contribution in [0.25, 0.3) is 22.3 Å². The second-order valence-electron chi connectivity index (χ2n) is 7.54. The van der Waals surface area contributed by atoms with E-state index in [1.165, 1.54) is 12.3 Å². The number of H-pyrrole nitrogens is 1. The molecule has 6 nitrogen and oxygen atoms in total. The molecule has 1 aromatic carbocycles. The highest BCUT2D eigenvalue weighted by molar-refractivity contribution is 6.29. The number of aromatic nitrogens is 2. The molecule has 3 heterocycles. The van der Waals surface area contributed by atoms with E-state index in [1.54, 1.807) is 25.1 Å². The Bertz CT molecular complexity index is 1400. The Kier molecular flexibility index (Phi) is 5.41. The zero-order valence-electron chi connectivity index (χ0n) is 17.6. The first kappa shape index (κ1) is 20.9. The van der Waals surface area contributed by atoms with E-state index in [0.29, 0.717) is 44.5 Å². The van der Waals surface area contributed by atoms with E-state index in [1.807, 2.05) is 32.9 Å². The van der Waals surface area contributed by atoms with E-state index < -0.39 is 6.10 Å². The summed E-state index contributed by atoms with van der Waals surface area (Å²) >= 11 is 5.95. The number of aromatic amines is 1. The number of hydrogen-bond acceptors (Lipinski definition) is 5. The van der Waals surface area contributed by atoms with Gasteiger partial charge in [-0.2, -0.15) is 0 Å². The number of aryl methyl sites for hydroxylation is 2. The first-order valence-corrected chi connectivity index (χ1v) is 10.2. The molecule has 3 aromatic heterocycles. The summed E-state index contributed by atoms with van der Waals surface area (Å²) in [4.78, 5) is 31.5. The van der Waals surface area contributed by atoms with Crippen LogP contribution in [-0.2, 0) is 0 Å². The number of hydrogen-bond donors (Lipinski definition) is 1. The average Bonchev–Trinajstić information content (AvgIpc) is 2.73. The van der Waals surface area contributed by atoms with Gasteiger partial charge in [-0.1, -0.05) is 11.6 Å². The number of halogens is 1. The van der Waals surface area contributed by atoms with Crippen LogP contribution in [0.3, 0.4) is 0 Å². The normalized spacial score (nSPS) is 12.2. The molecule has 0 aliphatic carbocycles. The molecule has 1 N–H and O–H groups in total. The van der Waals surface area contributed by atoms with Crippen LogP contribution in [0.5, 0.6) is 5.75 Å². The predicted molar refractivity (Wildman–Crippen MR) is 121 cm³/mol. The summed E-state index contributed by atoms with van der Waals surface area (Å²) in [5.41, 5.74) is 3.53. The van der Waals surface area contributed by atoms with Crippen LogP contribution in [0.2, 0.25) is 5.15 Å². The van der Waals surface area contributed by atoms with Gasteiger partial charge >= 0.3 is 0 Å². The van der Waals surface area contributed by atoms with Crippen molar-refractivity contribution < 1.29 is 9.15 Å². The SMILES string of the molecule is Cc1cc([C@@H](C)Oc2ccc(Cl)nc2C)c2oc(-c3ccc(=O)[nH]c3)c(C)c(=O)c2c1. The second-order valence-corrected chi connectivity index (χ2v) is 7.92. The number of nitrogens with one attached hydrogen (secondary N) is 1. The standard InChI is InChI=1S/C24H21ClN2O4/c1-12-9-17(15(4)30-19-6-7-20(25)27-14(19)3)24-18(10-12)22(29)13(2)23(31-24)16-5-8-21(28)26-11-16/h5-11,15H,1-4H3,(H,26,28)/t15-/m1/s1. The third kappa shape index (κ3) is 3.99. The van der Waals surface area contributed by atoms with Gasteiger partial charge in [0.1, 0.15) is 28.3 Å². The topological polar surface area (TPSA) is 85.2 Å². The quantitative estimate of drug-likeness (QED) is 0.441. The molecule has 0 amide bonds. The largest absolute Gasteiger partial charge is 0.484 e. The lowest BCUT2D eigenvalue weighted by Crippen LogP contribution is -2.12. The fraction of sp³-hybridized carbons (Fsp3) is 0.208. The molecular weight excluding hydrogens is 416 g/mol. The summed E-state index contributed by atoms with van der Waals surface area (Å²) < 4.78 is 12.4. The number of pyridine rings is 2. The predicted octanol–water partition coefficient (Wildman–Crippen LogP) is 5.26. The molecular formula is C24H21ClN2O4. The minimum Gasteiger partial charge on any atom is -0.484 e. The maximum atomic E-state index is 13.2. The van der Waals surface area contributed by atoms with Crippen molar-refractivity contribution in [1.29, 1.82) is 0 Å². The van der Waals surface area contributed by atoms with Gasteiger partial charge in [-0.3, -0.25) is 9.59 Å². The summed E-state index contributed by atoms with van der Waals surface area (Å²) in [5, 5.41) is 0.882. The third-order valence-electron chi connectivity index (χ3n) is 5.18. The molecule has 31 heavy (non-hydrogen) atoms. The molecule has 0 saturated carbocycles. The monoisotopic (exact) mass is 436 g/mol. The molecule has 4 rings (SSSR count). The van der Waals surface area contributed by atoms with Gasteiger partial charge in [0.15, 0.2) is 5.43 Å². The zero-order chi connectivity index (χ0) is 22.3. The molecule has 158 valence electrons. The first-order chi connectivity index (χ1) is 14.7. The van der Waals surface area contributed by atoms with Gasteiger partial charge in [0.25, 0.3) is 0 Å². The number of benzene rings is 1. The van der Waals surface area contributed by atoms with E-state index in [2.05, 4.69) is 9.97 Å². The van der Waals surface area contributed by atoms with E-state index in [-0.39, 0.29) is 11.0 Å². The van der Waals surface area contributed by atoms with Crippen molar-refractivity contribution in [2.24, 2.45) is 0 Å². The number of ether oxygens (including phenoxy) is 1. The van der Waals surface area contributed by atoms with Crippen LogP contribution in [0, 0.1) is 20.8 Å². The maximum absolute atomic E-state index is 13.2. The Morgan fingerprint density at radius 1 is 1.10 bits per heavy atom. The fourth-order valence-electron chi connectivity index (χ4n) is 3.59. The zero-order valence-corrected chi connectivity index (χ0v) is 18.3. The minimum atomic E-state index is -0.418. The number of rotatable bonds is 4. The summed E-state index contributed by atoms with van der Waals surface area (Å²) in [5.74, 6) is 1.01. The van der Waals surface area contributed by atoms with Crippen molar-refractivity contribution in [3.8, 4) is 17.1 Å². The first-order valence-electron chi connectivity index (χ1n) is 9.81. The molecule has 4 aromatic rings. The van der Waals surface area contributed by atoms with Crippen LogP contribution in [0.1, 0.15) is 35.4 Å². The molecule has 7 heteroatoms. The molecule has 0 aliphatic heterocycles. The molecule has 0 radical (unpaired) electrons. The smallest absolute Gasteiger partial charge is 0.247 e. The molecule has 0 saturated heterocycles. The summed E-state index contributed by atoms with van der Waals surface area (Å²) in [6.45, 7) is 7.35. The fourth-order valence-corrected chi connectivity index (χ4v) is 3.78. The van der Waals surface area contributed by atoms with Crippen LogP contribution in [0.15, 0.2) is 56.6 Å². The van der Waals surface area contributed by atoms with Gasteiger partial charge < -0.3 is 14.1 Å². The van der Waals surface area contributed by atoms with E-state index in [0.717, 1.165) is 11.1 Å². The van der Waals surface area contributed by atoms with Crippen molar-refractivity contribution in [1.82, 2.24) is 9.97 Å².